The van der Waals surface area contributed by atoms with Gasteiger partial charge in [0.25, 0.3) is 0 Å². The van der Waals surface area contributed by atoms with Crippen LogP contribution in [0.3, 0.4) is 0 Å². The van der Waals surface area contributed by atoms with Crippen LogP contribution in [0.5, 0.6) is 0 Å². The van der Waals surface area contributed by atoms with Gasteiger partial charge in [0, 0.05) is 12.7 Å². The third-order valence-corrected chi connectivity index (χ3v) is 5.95. The maximum absolute atomic E-state index is 11.7. The summed E-state index contributed by atoms with van der Waals surface area (Å²) in [7, 11) is -0.857. The van der Waals surface area contributed by atoms with E-state index >= 15 is 0 Å². The minimum Gasteiger partial charge on any atom is -0.317 e. The van der Waals surface area contributed by atoms with Crippen molar-refractivity contribution in [1.29, 1.82) is 0 Å². The lowest BCUT2D eigenvalue weighted by Gasteiger charge is -2.23. The molecule has 1 aromatic heterocycles. The van der Waals surface area contributed by atoms with Crippen molar-refractivity contribution in [1.82, 2.24) is 15.1 Å². The topological polar surface area (TPSA) is 64.0 Å². The van der Waals surface area contributed by atoms with Crippen molar-refractivity contribution in [3.8, 4) is 0 Å². The number of hydrogen-bond donors (Lipinski definition) is 1. The van der Waals surface area contributed by atoms with E-state index in [1.165, 1.54) is 5.69 Å². The summed E-state index contributed by atoms with van der Waals surface area (Å²) < 4.78 is 25.3. The van der Waals surface area contributed by atoms with E-state index in [1.54, 1.807) is 0 Å². The summed E-state index contributed by atoms with van der Waals surface area (Å²) in [6.45, 7) is 5.86. The summed E-state index contributed by atoms with van der Waals surface area (Å²) >= 11 is 0. The zero-order chi connectivity index (χ0) is 14.8. The molecule has 0 spiro atoms. The normalized spacial score (nSPS) is 23.1. The molecule has 1 aliphatic rings. The Morgan fingerprint density at radius 3 is 2.80 bits per heavy atom. The molecule has 0 bridgehead atoms. The van der Waals surface area contributed by atoms with Crippen LogP contribution in [-0.4, -0.2) is 42.8 Å². The highest BCUT2D eigenvalue weighted by molar-refractivity contribution is 7.91. The monoisotopic (exact) mass is 299 g/mol. The van der Waals surface area contributed by atoms with Crippen LogP contribution >= 0.6 is 0 Å². The quantitative estimate of drug-likeness (QED) is 0.849. The molecule has 0 radical (unpaired) electrons. The van der Waals surface area contributed by atoms with Gasteiger partial charge in [0.15, 0.2) is 9.84 Å². The second kappa shape index (κ2) is 6.26. The minimum atomic E-state index is -2.81. The Bertz CT molecular complexity index is 551. The Balaban J connectivity index is 2.09. The Morgan fingerprint density at radius 1 is 1.55 bits per heavy atom. The van der Waals surface area contributed by atoms with Gasteiger partial charge < -0.3 is 5.32 Å². The number of hydrogen-bond acceptors (Lipinski definition) is 4. The van der Waals surface area contributed by atoms with Gasteiger partial charge in [0.2, 0.25) is 0 Å². The summed E-state index contributed by atoms with van der Waals surface area (Å²) in [4.78, 5) is 0. The molecule has 2 rings (SSSR count). The van der Waals surface area contributed by atoms with Crippen LogP contribution in [0.2, 0.25) is 0 Å². The first-order valence-electron chi connectivity index (χ1n) is 7.32. The molecule has 2 unspecified atom stereocenters. The smallest absolute Gasteiger partial charge is 0.150 e. The predicted molar refractivity (Wildman–Crippen MR) is 80.4 cm³/mol. The van der Waals surface area contributed by atoms with Crippen LogP contribution < -0.4 is 5.32 Å². The predicted octanol–water partition coefficient (Wildman–Crippen LogP) is 0.931. The van der Waals surface area contributed by atoms with E-state index < -0.39 is 9.84 Å². The van der Waals surface area contributed by atoms with Gasteiger partial charge in [-0.15, -0.1) is 0 Å². The molecule has 2 atom stereocenters. The summed E-state index contributed by atoms with van der Waals surface area (Å²) in [5.41, 5.74) is 2.21. The van der Waals surface area contributed by atoms with Crippen molar-refractivity contribution in [3.05, 3.63) is 17.5 Å². The lowest BCUT2D eigenvalue weighted by molar-refractivity contribution is 0.340. The fourth-order valence-corrected chi connectivity index (χ4v) is 4.97. The molecule has 1 N–H and O–H groups in total. The van der Waals surface area contributed by atoms with Crippen molar-refractivity contribution in [2.75, 3.05) is 24.6 Å². The molecule has 20 heavy (non-hydrogen) atoms. The molecular weight excluding hydrogens is 274 g/mol. The molecule has 1 aromatic rings. The molecule has 6 heteroatoms. The number of aryl methyl sites for hydroxylation is 2. The number of sulfone groups is 1. The Kier molecular flexibility index (Phi) is 4.86. The van der Waals surface area contributed by atoms with E-state index in [-0.39, 0.29) is 5.92 Å². The van der Waals surface area contributed by atoms with E-state index in [9.17, 15) is 8.42 Å². The molecule has 0 amide bonds. The van der Waals surface area contributed by atoms with Crippen LogP contribution in [0.25, 0.3) is 0 Å². The van der Waals surface area contributed by atoms with E-state index in [0.29, 0.717) is 17.4 Å². The lowest BCUT2D eigenvalue weighted by atomic mass is 9.87. The van der Waals surface area contributed by atoms with Crippen molar-refractivity contribution < 1.29 is 8.42 Å². The van der Waals surface area contributed by atoms with Gasteiger partial charge >= 0.3 is 0 Å². The average Bonchev–Trinajstić information content (AvgIpc) is 2.87. The van der Waals surface area contributed by atoms with Gasteiger partial charge in [0.05, 0.1) is 17.2 Å². The van der Waals surface area contributed by atoms with E-state index in [2.05, 4.69) is 23.4 Å². The van der Waals surface area contributed by atoms with Crippen molar-refractivity contribution in [2.24, 2.45) is 18.9 Å². The second-order valence-corrected chi connectivity index (χ2v) is 8.06. The maximum Gasteiger partial charge on any atom is 0.150 e. The average molecular weight is 299 g/mol. The molecule has 1 fully saturated rings. The fourth-order valence-electron chi connectivity index (χ4n) is 3.05. The van der Waals surface area contributed by atoms with Crippen molar-refractivity contribution in [2.45, 2.75) is 26.7 Å². The third kappa shape index (κ3) is 3.82. The van der Waals surface area contributed by atoms with Gasteiger partial charge in [-0.2, -0.15) is 5.10 Å². The van der Waals surface area contributed by atoms with Gasteiger partial charge in [0.1, 0.15) is 0 Å². The molecular formula is C14H25N3O2S. The number of rotatable bonds is 6. The SMILES string of the molecule is CCNCC(Cc1cc(C)nn1C)C1CCS(=O)(=O)C1. The van der Waals surface area contributed by atoms with Gasteiger partial charge in [-0.1, -0.05) is 6.92 Å². The summed E-state index contributed by atoms with van der Waals surface area (Å²) in [6.07, 6.45) is 1.69. The Hall–Kier alpha value is -0.880. The van der Waals surface area contributed by atoms with Gasteiger partial charge in [-0.25, -0.2) is 8.42 Å². The zero-order valence-electron chi connectivity index (χ0n) is 12.6. The molecule has 0 aliphatic carbocycles. The van der Waals surface area contributed by atoms with Gasteiger partial charge in [-0.05, 0) is 50.8 Å². The van der Waals surface area contributed by atoms with Crippen LogP contribution in [0.1, 0.15) is 24.7 Å². The molecule has 0 aromatic carbocycles. The largest absolute Gasteiger partial charge is 0.317 e. The first-order valence-corrected chi connectivity index (χ1v) is 9.14. The number of nitrogens with one attached hydrogen (secondary N) is 1. The molecule has 2 heterocycles. The summed E-state index contributed by atoms with van der Waals surface area (Å²) in [5, 5.41) is 7.75. The highest BCUT2D eigenvalue weighted by Gasteiger charge is 2.33. The van der Waals surface area contributed by atoms with Crippen LogP contribution in [0, 0.1) is 18.8 Å². The molecule has 0 saturated carbocycles. The maximum atomic E-state index is 11.7. The highest BCUT2D eigenvalue weighted by atomic mass is 32.2. The van der Waals surface area contributed by atoms with E-state index in [0.717, 1.165) is 31.6 Å². The summed E-state index contributed by atoms with van der Waals surface area (Å²) in [6, 6.07) is 2.10. The Labute approximate surface area is 121 Å². The van der Waals surface area contributed by atoms with Crippen LogP contribution in [0.4, 0.5) is 0 Å². The summed E-state index contributed by atoms with van der Waals surface area (Å²) in [5.74, 6) is 1.33. The van der Waals surface area contributed by atoms with E-state index in [4.69, 9.17) is 0 Å². The fraction of sp³-hybridized carbons (Fsp3) is 0.786. The van der Waals surface area contributed by atoms with E-state index in [1.807, 2.05) is 18.7 Å². The van der Waals surface area contributed by atoms with Crippen LogP contribution in [0.15, 0.2) is 6.07 Å². The lowest BCUT2D eigenvalue weighted by Crippen LogP contribution is -2.31. The third-order valence-electron chi connectivity index (χ3n) is 4.16. The Morgan fingerprint density at radius 2 is 2.30 bits per heavy atom. The second-order valence-electron chi connectivity index (χ2n) is 5.84. The van der Waals surface area contributed by atoms with Crippen molar-refractivity contribution >= 4 is 9.84 Å². The molecule has 1 aliphatic heterocycles. The first kappa shape index (κ1) is 15.5. The number of aromatic nitrogens is 2. The number of nitrogens with zero attached hydrogens (tertiary/aromatic N) is 2. The van der Waals surface area contributed by atoms with Crippen LogP contribution in [-0.2, 0) is 23.3 Å². The standard InChI is InChI=1S/C14H25N3O2S/c1-4-15-9-13(12-5-6-20(18,19)10-12)8-14-7-11(2)16-17(14)3/h7,12-13,15H,4-6,8-10H2,1-3H3. The molecule has 114 valence electrons. The minimum absolute atomic E-state index is 0.272. The molecule has 1 saturated heterocycles. The van der Waals surface area contributed by atoms with Crippen molar-refractivity contribution in [3.63, 3.8) is 0 Å². The molecule has 5 nitrogen and oxygen atoms in total. The first-order chi connectivity index (χ1) is 9.41. The highest BCUT2D eigenvalue weighted by Crippen LogP contribution is 2.28. The zero-order valence-corrected chi connectivity index (χ0v) is 13.4. The van der Waals surface area contributed by atoms with Gasteiger partial charge in [-0.3, -0.25) is 4.68 Å².